The summed E-state index contributed by atoms with van der Waals surface area (Å²) in [5, 5.41) is 11.3. The van der Waals surface area contributed by atoms with Crippen molar-refractivity contribution >= 4 is 22.7 Å². The summed E-state index contributed by atoms with van der Waals surface area (Å²) in [6.07, 6.45) is -1.22. The SMILES string of the molecule is CCOC(O)CC(c1ccc(C(F)(F)F)cc1)c1c[nH]c2c(CSC)cccc12. The molecule has 3 nitrogen and oxygen atoms in total. The maximum Gasteiger partial charge on any atom is 0.416 e. The molecule has 2 atom stereocenters. The third-order valence-electron chi connectivity index (χ3n) is 4.95. The summed E-state index contributed by atoms with van der Waals surface area (Å²) in [6.45, 7) is 2.14. The molecule has 0 saturated carbocycles. The lowest BCUT2D eigenvalue weighted by Crippen LogP contribution is -2.17. The molecule has 0 amide bonds. The first kappa shape index (κ1) is 21.7. The number of hydrogen-bond acceptors (Lipinski definition) is 3. The van der Waals surface area contributed by atoms with Gasteiger partial charge in [0.15, 0.2) is 6.29 Å². The minimum absolute atomic E-state index is 0.249. The molecule has 29 heavy (non-hydrogen) atoms. The fourth-order valence-corrected chi connectivity index (χ4v) is 4.16. The van der Waals surface area contributed by atoms with E-state index in [1.807, 2.05) is 24.6 Å². The number of halogens is 3. The summed E-state index contributed by atoms with van der Waals surface area (Å²) < 4.78 is 44.2. The van der Waals surface area contributed by atoms with Gasteiger partial charge in [-0.25, -0.2) is 0 Å². The third-order valence-corrected chi connectivity index (χ3v) is 5.55. The van der Waals surface area contributed by atoms with Crippen LogP contribution in [0.15, 0.2) is 48.7 Å². The number of hydrogen-bond donors (Lipinski definition) is 2. The van der Waals surface area contributed by atoms with Gasteiger partial charge < -0.3 is 14.8 Å². The second kappa shape index (κ2) is 9.24. The van der Waals surface area contributed by atoms with Crippen LogP contribution in [0.25, 0.3) is 10.9 Å². The number of aromatic amines is 1. The zero-order chi connectivity index (χ0) is 21.0. The zero-order valence-electron chi connectivity index (χ0n) is 16.3. The first-order valence-corrected chi connectivity index (χ1v) is 10.8. The van der Waals surface area contributed by atoms with E-state index in [9.17, 15) is 18.3 Å². The van der Waals surface area contributed by atoms with Gasteiger partial charge in [0.05, 0.1) is 5.56 Å². The standard InChI is InChI=1S/C22H24F3NO2S/c1-3-28-20(27)11-18(14-7-9-16(10-8-14)22(23,24)25)19-12-26-21-15(13-29-2)5-4-6-17(19)21/h4-10,12,18,20,26-27H,3,11,13H2,1-2H3. The molecule has 3 rings (SSSR count). The largest absolute Gasteiger partial charge is 0.416 e. The topological polar surface area (TPSA) is 45.2 Å². The molecule has 2 N–H and O–H groups in total. The number of thioether (sulfide) groups is 1. The fraction of sp³-hybridized carbons (Fsp3) is 0.364. The molecule has 0 spiro atoms. The van der Waals surface area contributed by atoms with Crippen LogP contribution in [0.1, 0.15) is 41.5 Å². The first-order chi connectivity index (χ1) is 13.8. The molecule has 0 aliphatic rings. The number of ether oxygens (including phenoxy) is 1. The van der Waals surface area contributed by atoms with Gasteiger partial charge in [-0.3, -0.25) is 0 Å². The van der Waals surface area contributed by atoms with Gasteiger partial charge in [0.25, 0.3) is 0 Å². The zero-order valence-corrected chi connectivity index (χ0v) is 17.1. The Morgan fingerprint density at radius 2 is 1.86 bits per heavy atom. The number of aliphatic hydroxyl groups is 1. The Bertz CT molecular complexity index is 937. The molecule has 3 aromatic rings. The summed E-state index contributed by atoms with van der Waals surface area (Å²) in [4.78, 5) is 3.32. The number of para-hydroxylation sites is 1. The van der Waals surface area contributed by atoms with Crippen LogP contribution in [0.3, 0.4) is 0 Å². The molecule has 0 saturated heterocycles. The van der Waals surface area contributed by atoms with Crippen molar-refractivity contribution in [3.8, 4) is 0 Å². The molecule has 0 aliphatic carbocycles. The summed E-state index contributed by atoms with van der Waals surface area (Å²) >= 11 is 1.72. The van der Waals surface area contributed by atoms with Crippen molar-refractivity contribution < 1.29 is 23.0 Å². The van der Waals surface area contributed by atoms with Gasteiger partial charge in [-0.1, -0.05) is 30.3 Å². The van der Waals surface area contributed by atoms with E-state index in [1.54, 1.807) is 18.7 Å². The maximum absolute atomic E-state index is 13.0. The van der Waals surface area contributed by atoms with Crippen LogP contribution in [0.5, 0.6) is 0 Å². The molecule has 0 aliphatic heterocycles. The van der Waals surface area contributed by atoms with Crippen LogP contribution >= 0.6 is 11.8 Å². The van der Waals surface area contributed by atoms with Gasteiger partial charge in [0, 0.05) is 41.8 Å². The molecule has 2 unspecified atom stereocenters. The highest BCUT2D eigenvalue weighted by molar-refractivity contribution is 7.97. The second-order valence-corrected chi connectivity index (χ2v) is 7.70. The number of fused-ring (bicyclic) bond motifs is 1. The summed E-state index contributed by atoms with van der Waals surface area (Å²) in [5.41, 5.74) is 3.12. The van der Waals surface area contributed by atoms with E-state index < -0.39 is 18.0 Å². The number of H-pyrrole nitrogens is 1. The molecular weight excluding hydrogens is 399 g/mol. The molecule has 1 aromatic heterocycles. The number of alkyl halides is 3. The lowest BCUT2D eigenvalue weighted by molar-refractivity contribution is -0.137. The lowest BCUT2D eigenvalue weighted by atomic mass is 9.87. The molecule has 0 radical (unpaired) electrons. The molecule has 0 bridgehead atoms. The Hall–Kier alpha value is -1.96. The summed E-state index contributed by atoms with van der Waals surface area (Å²) in [7, 11) is 0. The van der Waals surface area contributed by atoms with Crippen molar-refractivity contribution in [2.75, 3.05) is 12.9 Å². The van der Waals surface area contributed by atoms with Gasteiger partial charge >= 0.3 is 6.18 Å². The van der Waals surface area contributed by atoms with Crippen LogP contribution in [-0.4, -0.2) is 29.2 Å². The highest BCUT2D eigenvalue weighted by Gasteiger charge is 2.31. The van der Waals surface area contributed by atoms with Crippen LogP contribution in [0.4, 0.5) is 13.2 Å². The van der Waals surface area contributed by atoms with E-state index in [4.69, 9.17) is 4.74 Å². The number of nitrogens with one attached hydrogen (secondary N) is 1. The van der Waals surface area contributed by atoms with Gasteiger partial charge in [0.2, 0.25) is 0 Å². The van der Waals surface area contributed by atoms with E-state index in [0.717, 1.165) is 39.9 Å². The molecule has 0 fully saturated rings. The predicted octanol–water partition coefficient (Wildman–Crippen LogP) is 5.93. The molecule has 156 valence electrons. The van der Waals surface area contributed by atoms with Gasteiger partial charge in [-0.15, -0.1) is 0 Å². The molecule has 7 heteroatoms. The molecular formula is C22H24F3NO2S. The normalized spacial score (nSPS) is 14.3. The number of benzene rings is 2. The van der Waals surface area contributed by atoms with Crippen molar-refractivity contribution in [2.24, 2.45) is 0 Å². The Kier molecular flexibility index (Phi) is 6.93. The maximum atomic E-state index is 13.0. The van der Waals surface area contributed by atoms with E-state index in [1.165, 1.54) is 12.1 Å². The fourth-order valence-electron chi connectivity index (χ4n) is 3.61. The third kappa shape index (κ3) is 4.97. The smallest absolute Gasteiger partial charge is 0.368 e. The van der Waals surface area contributed by atoms with Crippen molar-refractivity contribution in [3.05, 3.63) is 70.9 Å². The Balaban J connectivity index is 2.04. The average Bonchev–Trinajstić information content (AvgIpc) is 3.11. The minimum atomic E-state index is -4.38. The van der Waals surface area contributed by atoms with Crippen molar-refractivity contribution in [1.29, 1.82) is 0 Å². The van der Waals surface area contributed by atoms with Crippen molar-refractivity contribution in [3.63, 3.8) is 0 Å². The number of aliphatic hydroxyl groups excluding tert-OH is 1. The highest BCUT2D eigenvalue weighted by atomic mass is 32.2. The molecule has 1 heterocycles. The van der Waals surface area contributed by atoms with E-state index in [2.05, 4.69) is 11.1 Å². The monoisotopic (exact) mass is 423 g/mol. The van der Waals surface area contributed by atoms with E-state index >= 15 is 0 Å². The van der Waals surface area contributed by atoms with Crippen LogP contribution in [-0.2, 0) is 16.7 Å². The quantitative estimate of drug-likeness (QED) is 0.442. The van der Waals surface area contributed by atoms with Crippen LogP contribution in [0, 0.1) is 0 Å². The van der Waals surface area contributed by atoms with Crippen molar-refractivity contribution in [2.45, 2.75) is 37.5 Å². The minimum Gasteiger partial charge on any atom is -0.368 e. The average molecular weight is 424 g/mol. The van der Waals surface area contributed by atoms with E-state index in [-0.39, 0.29) is 12.3 Å². The predicted molar refractivity (Wildman–Crippen MR) is 111 cm³/mol. The Morgan fingerprint density at radius 3 is 2.48 bits per heavy atom. The number of rotatable bonds is 8. The van der Waals surface area contributed by atoms with Crippen LogP contribution < -0.4 is 0 Å². The van der Waals surface area contributed by atoms with Gasteiger partial charge in [-0.2, -0.15) is 24.9 Å². The highest BCUT2D eigenvalue weighted by Crippen LogP contribution is 2.37. The summed E-state index contributed by atoms with van der Waals surface area (Å²) in [6, 6.07) is 11.2. The second-order valence-electron chi connectivity index (χ2n) is 6.83. The lowest BCUT2D eigenvalue weighted by Gasteiger charge is -2.21. The number of aromatic nitrogens is 1. The van der Waals surface area contributed by atoms with E-state index in [0.29, 0.717) is 12.2 Å². The first-order valence-electron chi connectivity index (χ1n) is 9.39. The summed E-state index contributed by atoms with van der Waals surface area (Å²) in [5.74, 6) is 0.543. The Morgan fingerprint density at radius 1 is 1.14 bits per heavy atom. The molecule has 2 aromatic carbocycles. The Labute approximate surface area is 172 Å². The van der Waals surface area contributed by atoms with Crippen molar-refractivity contribution in [1.82, 2.24) is 4.98 Å². The van der Waals surface area contributed by atoms with Crippen LogP contribution in [0.2, 0.25) is 0 Å². The van der Waals surface area contributed by atoms with Gasteiger partial charge in [-0.05, 0) is 42.0 Å². The van der Waals surface area contributed by atoms with Gasteiger partial charge in [0.1, 0.15) is 0 Å².